The summed E-state index contributed by atoms with van der Waals surface area (Å²) in [6, 6.07) is 16.9. The Kier molecular flexibility index (Phi) is 4.87. The molecule has 3 aromatic rings. The number of nitrogens with one attached hydrogen (secondary N) is 1. The van der Waals surface area contributed by atoms with Crippen LogP contribution in [-0.4, -0.2) is 21.4 Å². The normalized spacial score (nSPS) is 15.2. The van der Waals surface area contributed by atoms with Gasteiger partial charge in [0, 0.05) is 23.8 Å². The monoisotopic (exact) mass is 406 g/mol. The highest BCUT2D eigenvalue weighted by Crippen LogP contribution is 2.31. The van der Waals surface area contributed by atoms with Crippen molar-refractivity contribution in [3.8, 4) is 6.07 Å². The second kappa shape index (κ2) is 7.45. The van der Waals surface area contributed by atoms with Crippen molar-refractivity contribution in [1.29, 1.82) is 5.26 Å². The molecule has 0 bridgehead atoms. The Bertz CT molecular complexity index is 926. The highest BCUT2D eigenvalue weighted by Gasteiger charge is 2.26. The van der Waals surface area contributed by atoms with Crippen LogP contribution in [-0.2, 0) is 19.4 Å². The molecule has 4 nitrogen and oxygen atoms in total. The minimum absolute atomic E-state index is 0.234. The molecule has 1 aliphatic heterocycles. The maximum absolute atomic E-state index is 9.00. The lowest BCUT2D eigenvalue weighted by Gasteiger charge is -2.35. The van der Waals surface area contributed by atoms with Crippen molar-refractivity contribution < 1.29 is 0 Å². The van der Waals surface area contributed by atoms with E-state index < -0.39 is 0 Å². The molecule has 0 amide bonds. The first-order valence-electron chi connectivity index (χ1n) is 8.71. The Morgan fingerprint density at radius 2 is 2.04 bits per heavy atom. The van der Waals surface area contributed by atoms with E-state index in [1.165, 1.54) is 16.7 Å². The van der Waals surface area contributed by atoms with E-state index in [1.54, 1.807) is 6.33 Å². The number of rotatable bonds is 4. The molecule has 1 aliphatic rings. The zero-order valence-electron chi connectivity index (χ0n) is 14.3. The minimum Gasteiger partial charge on any atom is -0.347 e. The average molecular weight is 407 g/mol. The summed E-state index contributed by atoms with van der Waals surface area (Å²) in [6.45, 7) is 1.95. The molecule has 1 unspecified atom stereocenters. The van der Waals surface area contributed by atoms with Gasteiger partial charge in [0.1, 0.15) is 0 Å². The Balaban J connectivity index is 1.61. The molecular formula is C21H19BrN4. The molecule has 130 valence electrons. The van der Waals surface area contributed by atoms with Crippen molar-refractivity contribution in [2.75, 3.05) is 6.54 Å². The van der Waals surface area contributed by atoms with Crippen LogP contribution in [0.15, 0.2) is 59.5 Å². The van der Waals surface area contributed by atoms with Crippen LogP contribution in [0.3, 0.4) is 0 Å². The zero-order valence-corrected chi connectivity index (χ0v) is 15.9. The summed E-state index contributed by atoms with van der Waals surface area (Å²) in [5, 5.41) is 9.00. The Morgan fingerprint density at radius 3 is 2.77 bits per heavy atom. The van der Waals surface area contributed by atoms with E-state index in [-0.39, 0.29) is 6.04 Å². The number of nitriles is 1. The summed E-state index contributed by atoms with van der Waals surface area (Å²) in [6.07, 6.45) is 5.61. The highest BCUT2D eigenvalue weighted by molar-refractivity contribution is 9.10. The van der Waals surface area contributed by atoms with Crippen molar-refractivity contribution in [1.82, 2.24) is 14.9 Å². The molecule has 26 heavy (non-hydrogen) atoms. The van der Waals surface area contributed by atoms with Crippen molar-refractivity contribution in [2.45, 2.75) is 25.4 Å². The summed E-state index contributed by atoms with van der Waals surface area (Å²) in [7, 11) is 0. The standard InChI is InChI=1S/C21H19BrN4/c22-19-6-5-17-7-8-26(13-18(17)10-19)21(20-12-24-14-25-20)9-15-1-3-16(11-23)4-2-15/h1-6,10,12,14,21H,7-9,13H2,(H,24,25). The van der Waals surface area contributed by atoms with Crippen LogP contribution in [0.5, 0.6) is 0 Å². The van der Waals surface area contributed by atoms with Gasteiger partial charge >= 0.3 is 0 Å². The average Bonchev–Trinajstić information content (AvgIpc) is 3.20. The summed E-state index contributed by atoms with van der Waals surface area (Å²) in [4.78, 5) is 10.0. The molecule has 0 fully saturated rings. The number of nitrogens with zero attached hydrogens (tertiary/aromatic N) is 3. The summed E-state index contributed by atoms with van der Waals surface area (Å²) in [5.74, 6) is 0. The van der Waals surface area contributed by atoms with Gasteiger partial charge in [0.2, 0.25) is 0 Å². The van der Waals surface area contributed by atoms with Crippen LogP contribution < -0.4 is 0 Å². The Hall–Kier alpha value is -2.42. The summed E-state index contributed by atoms with van der Waals surface area (Å²) >= 11 is 3.59. The third-order valence-electron chi connectivity index (χ3n) is 5.04. The third kappa shape index (κ3) is 3.57. The van der Waals surface area contributed by atoms with Crippen molar-refractivity contribution >= 4 is 15.9 Å². The number of aromatic nitrogens is 2. The van der Waals surface area contributed by atoms with Crippen LogP contribution in [0.2, 0.25) is 0 Å². The molecule has 4 rings (SSSR count). The smallest absolute Gasteiger partial charge is 0.0991 e. The first kappa shape index (κ1) is 17.0. The van der Waals surface area contributed by atoms with Gasteiger partial charge in [-0.3, -0.25) is 4.90 Å². The SMILES string of the molecule is N#Cc1ccc(CC(c2cnc[nH]2)N2CCc3ccc(Br)cc3C2)cc1. The molecule has 5 heteroatoms. The van der Waals surface area contributed by atoms with Gasteiger partial charge in [0.15, 0.2) is 0 Å². The number of halogens is 1. The van der Waals surface area contributed by atoms with E-state index in [0.717, 1.165) is 36.1 Å². The van der Waals surface area contributed by atoms with Crippen LogP contribution >= 0.6 is 15.9 Å². The van der Waals surface area contributed by atoms with E-state index >= 15 is 0 Å². The van der Waals surface area contributed by atoms with Gasteiger partial charge in [0.05, 0.1) is 29.7 Å². The molecule has 0 aliphatic carbocycles. The lowest BCUT2D eigenvalue weighted by atomic mass is 9.95. The first-order valence-corrected chi connectivity index (χ1v) is 9.51. The van der Waals surface area contributed by atoms with Crippen molar-refractivity contribution in [2.24, 2.45) is 0 Å². The minimum atomic E-state index is 0.234. The largest absolute Gasteiger partial charge is 0.347 e. The topological polar surface area (TPSA) is 55.7 Å². The molecule has 1 atom stereocenters. The number of aromatic amines is 1. The fourth-order valence-corrected chi connectivity index (χ4v) is 4.05. The quantitative estimate of drug-likeness (QED) is 0.698. The molecule has 2 heterocycles. The number of fused-ring (bicyclic) bond motifs is 1. The molecule has 1 aromatic heterocycles. The number of hydrogen-bond acceptors (Lipinski definition) is 3. The number of benzene rings is 2. The van der Waals surface area contributed by atoms with Crippen molar-refractivity contribution in [3.63, 3.8) is 0 Å². The van der Waals surface area contributed by atoms with E-state index in [2.05, 4.69) is 67.2 Å². The van der Waals surface area contributed by atoms with Crippen LogP contribution in [0.25, 0.3) is 0 Å². The van der Waals surface area contributed by atoms with Gasteiger partial charge in [0.25, 0.3) is 0 Å². The van der Waals surface area contributed by atoms with E-state index in [4.69, 9.17) is 5.26 Å². The Morgan fingerprint density at radius 1 is 1.19 bits per heavy atom. The van der Waals surface area contributed by atoms with Gasteiger partial charge < -0.3 is 4.98 Å². The molecule has 0 saturated carbocycles. The third-order valence-corrected chi connectivity index (χ3v) is 5.53. The van der Waals surface area contributed by atoms with E-state index in [9.17, 15) is 0 Å². The molecule has 2 aromatic carbocycles. The number of imidazole rings is 1. The van der Waals surface area contributed by atoms with Crippen LogP contribution in [0.1, 0.15) is 34.0 Å². The molecule has 0 saturated heterocycles. The number of H-pyrrole nitrogens is 1. The van der Waals surface area contributed by atoms with Gasteiger partial charge in [-0.1, -0.05) is 34.1 Å². The van der Waals surface area contributed by atoms with Gasteiger partial charge in [-0.2, -0.15) is 5.26 Å². The summed E-state index contributed by atoms with van der Waals surface area (Å²) < 4.78 is 1.13. The Labute approximate surface area is 161 Å². The predicted molar refractivity (Wildman–Crippen MR) is 104 cm³/mol. The molecule has 0 radical (unpaired) electrons. The second-order valence-electron chi connectivity index (χ2n) is 6.67. The predicted octanol–water partition coefficient (Wildman–Crippen LogP) is 4.39. The maximum atomic E-state index is 9.00. The molecular weight excluding hydrogens is 388 g/mol. The van der Waals surface area contributed by atoms with E-state index in [1.807, 2.05) is 18.3 Å². The zero-order chi connectivity index (χ0) is 17.9. The second-order valence-corrected chi connectivity index (χ2v) is 7.58. The maximum Gasteiger partial charge on any atom is 0.0991 e. The highest BCUT2D eigenvalue weighted by atomic mass is 79.9. The van der Waals surface area contributed by atoms with Crippen molar-refractivity contribution in [3.05, 3.63) is 87.4 Å². The summed E-state index contributed by atoms with van der Waals surface area (Å²) in [5.41, 5.74) is 5.88. The van der Waals surface area contributed by atoms with Crippen LogP contribution in [0.4, 0.5) is 0 Å². The lowest BCUT2D eigenvalue weighted by Crippen LogP contribution is -2.35. The molecule has 0 spiro atoms. The fraction of sp³-hybridized carbons (Fsp3) is 0.238. The first-order chi connectivity index (χ1) is 12.7. The molecule has 1 N–H and O–H groups in total. The van der Waals surface area contributed by atoms with Crippen LogP contribution in [0, 0.1) is 11.3 Å². The van der Waals surface area contributed by atoms with E-state index in [0.29, 0.717) is 5.56 Å². The lowest BCUT2D eigenvalue weighted by molar-refractivity contribution is 0.174. The van der Waals surface area contributed by atoms with Gasteiger partial charge in [-0.15, -0.1) is 0 Å². The number of hydrogen-bond donors (Lipinski definition) is 1. The van der Waals surface area contributed by atoms with Gasteiger partial charge in [-0.25, -0.2) is 4.98 Å². The fourth-order valence-electron chi connectivity index (χ4n) is 3.64. The van der Waals surface area contributed by atoms with Gasteiger partial charge in [-0.05, 0) is 53.8 Å².